The maximum absolute atomic E-state index is 11.2. The third kappa shape index (κ3) is 5.61. The molecular weight excluding hydrogens is 246 g/mol. The van der Waals surface area contributed by atoms with Crippen LogP contribution in [0.15, 0.2) is 24.3 Å². The lowest BCUT2D eigenvalue weighted by molar-refractivity contribution is -0.145. The summed E-state index contributed by atoms with van der Waals surface area (Å²) in [7, 11) is 0. The van der Waals surface area contributed by atoms with E-state index in [1.54, 1.807) is 6.92 Å². The molecule has 0 aromatic heterocycles. The van der Waals surface area contributed by atoms with Crippen molar-refractivity contribution in [3.8, 4) is 5.75 Å². The number of esters is 1. The van der Waals surface area contributed by atoms with Gasteiger partial charge in [-0.1, -0.05) is 12.1 Å². The molecule has 1 rings (SSSR count). The van der Waals surface area contributed by atoms with Crippen molar-refractivity contribution in [1.29, 1.82) is 0 Å². The first kappa shape index (κ1) is 15.3. The number of carbonyl (C=O) groups is 1. The van der Waals surface area contributed by atoms with E-state index in [1.807, 2.05) is 31.2 Å². The summed E-state index contributed by atoms with van der Waals surface area (Å²) in [6.07, 6.45) is -0.800. The summed E-state index contributed by atoms with van der Waals surface area (Å²) in [6, 6.07) is 7.47. The van der Waals surface area contributed by atoms with Crippen LogP contribution in [0.4, 0.5) is 5.69 Å². The lowest BCUT2D eigenvalue weighted by Crippen LogP contribution is -2.24. The monoisotopic (exact) mass is 267 g/mol. The Balaban J connectivity index is 2.45. The van der Waals surface area contributed by atoms with Crippen molar-refractivity contribution in [3.05, 3.63) is 24.3 Å². The molecule has 5 nitrogen and oxygen atoms in total. The van der Waals surface area contributed by atoms with Crippen molar-refractivity contribution in [2.75, 3.05) is 25.1 Å². The summed E-state index contributed by atoms with van der Waals surface area (Å²) in [5.74, 6) is 0.336. The molecule has 0 bridgehead atoms. The lowest BCUT2D eigenvalue weighted by Gasteiger charge is -2.15. The van der Waals surface area contributed by atoms with Gasteiger partial charge in [0, 0.05) is 6.54 Å². The van der Waals surface area contributed by atoms with Crippen LogP contribution in [0.25, 0.3) is 0 Å². The molecular formula is C14H21NO4. The second kappa shape index (κ2) is 8.37. The number of hydrogen-bond acceptors (Lipinski definition) is 5. The number of ether oxygens (including phenoxy) is 2. The van der Waals surface area contributed by atoms with Gasteiger partial charge in [0.05, 0.1) is 31.4 Å². The Kier molecular flexibility index (Phi) is 6.74. The van der Waals surface area contributed by atoms with Crippen molar-refractivity contribution in [1.82, 2.24) is 0 Å². The number of rotatable bonds is 8. The normalized spacial score (nSPS) is 11.7. The number of para-hydroxylation sites is 2. The average Bonchev–Trinajstić information content (AvgIpc) is 2.38. The lowest BCUT2D eigenvalue weighted by atomic mass is 10.2. The molecule has 5 heteroatoms. The minimum atomic E-state index is -0.784. The van der Waals surface area contributed by atoms with Crippen LogP contribution < -0.4 is 10.1 Å². The molecule has 0 fully saturated rings. The van der Waals surface area contributed by atoms with E-state index < -0.39 is 12.1 Å². The van der Waals surface area contributed by atoms with Crippen LogP contribution in [0.1, 0.15) is 20.3 Å². The molecule has 0 aliphatic heterocycles. The molecule has 0 heterocycles. The molecule has 0 radical (unpaired) electrons. The quantitative estimate of drug-likeness (QED) is 0.703. The second-order valence-electron chi connectivity index (χ2n) is 3.97. The molecule has 106 valence electrons. The first-order chi connectivity index (χ1) is 9.17. The van der Waals surface area contributed by atoms with Gasteiger partial charge in [-0.05, 0) is 26.0 Å². The fourth-order valence-corrected chi connectivity index (χ4v) is 1.61. The third-order valence-corrected chi connectivity index (χ3v) is 2.42. The third-order valence-electron chi connectivity index (χ3n) is 2.42. The molecule has 0 amide bonds. The average molecular weight is 267 g/mol. The number of hydrogen-bond donors (Lipinski definition) is 2. The SMILES string of the molecule is CCOC(=O)CC(O)CNc1ccccc1OCC. The highest BCUT2D eigenvalue weighted by atomic mass is 16.5. The summed E-state index contributed by atoms with van der Waals surface area (Å²) in [5.41, 5.74) is 0.798. The maximum atomic E-state index is 11.2. The molecule has 0 saturated carbocycles. The van der Waals surface area contributed by atoms with Crippen LogP contribution in [0.2, 0.25) is 0 Å². The Morgan fingerprint density at radius 3 is 2.74 bits per heavy atom. The van der Waals surface area contributed by atoms with Crippen molar-refractivity contribution in [3.63, 3.8) is 0 Å². The van der Waals surface area contributed by atoms with Gasteiger partial charge in [0.25, 0.3) is 0 Å². The standard InChI is InChI=1S/C14H21NO4/c1-3-18-13-8-6-5-7-12(13)15-10-11(16)9-14(17)19-4-2/h5-8,11,15-16H,3-4,9-10H2,1-2H3. The van der Waals surface area contributed by atoms with E-state index >= 15 is 0 Å². The smallest absolute Gasteiger partial charge is 0.308 e. The minimum absolute atomic E-state index is 0.0162. The van der Waals surface area contributed by atoms with Crippen molar-refractivity contribution in [2.24, 2.45) is 0 Å². The molecule has 0 spiro atoms. The van der Waals surface area contributed by atoms with E-state index in [1.165, 1.54) is 0 Å². The summed E-state index contributed by atoms with van der Waals surface area (Å²) in [6.45, 7) is 4.81. The summed E-state index contributed by atoms with van der Waals surface area (Å²) in [5, 5.41) is 12.8. The van der Waals surface area contributed by atoms with E-state index in [0.29, 0.717) is 13.2 Å². The Hall–Kier alpha value is -1.75. The highest BCUT2D eigenvalue weighted by Crippen LogP contribution is 2.23. The first-order valence-electron chi connectivity index (χ1n) is 6.46. The molecule has 1 atom stereocenters. The molecule has 0 saturated heterocycles. The number of benzene rings is 1. The zero-order chi connectivity index (χ0) is 14.1. The largest absolute Gasteiger partial charge is 0.492 e. The first-order valence-corrected chi connectivity index (χ1v) is 6.46. The summed E-state index contributed by atoms with van der Waals surface area (Å²) < 4.78 is 10.2. The molecule has 19 heavy (non-hydrogen) atoms. The van der Waals surface area contributed by atoms with Crippen LogP contribution in [-0.2, 0) is 9.53 Å². The van der Waals surface area contributed by atoms with Gasteiger partial charge < -0.3 is 19.9 Å². The minimum Gasteiger partial charge on any atom is -0.492 e. The Bertz CT molecular complexity index is 395. The zero-order valence-corrected chi connectivity index (χ0v) is 11.4. The predicted octanol–water partition coefficient (Wildman–Crippen LogP) is 1.81. The van der Waals surface area contributed by atoms with Gasteiger partial charge in [-0.3, -0.25) is 4.79 Å². The Morgan fingerprint density at radius 2 is 2.05 bits per heavy atom. The number of aliphatic hydroxyl groups is 1. The van der Waals surface area contributed by atoms with Crippen LogP contribution in [0.3, 0.4) is 0 Å². The number of nitrogens with one attached hydrogen (secondary N) is 1. The van der Waals surface area contributed by atoms with E-state index in [-0.39, 0.29) is 13.0 Å². The van der Waals surface area contributed by atoms with Gasteiger partial charge in [-0.15, -0.1) is 0 Å². The van der Waals surface area contributed by atoms with Crippen LogP contribution in [0.5, 0.6) is 5.75 Å². The van der Waals surface area contributed by atoms with Gasteiger partial charge in [0.15, 0.2) is 0 Å². The number of anilines is 1. The van der Waals surface area contributed by atoms with Crippen molar-refractivity contribution in [2.45, 2.75) is 26.4 Å². The predicted molar refractivity (Wildman–Crippen MR) is 73.4 cm³/mol. The van der Waals surface area contributed by atoms with Crippen molar-refractivity contribution >= 4 is 11.7 Å². The summed E-state index contributed by atoms with van der Waals surface area (Å²) in [4.78, 5) is 11.2. The number of carbonyl (C=O) groups excluding carboxylic acids is 1. The van der Waals surface area contributed by atoms with Gasteiger partial charge in [0.1, 0.15) is 5.75 Å². The van der Waals surface area contributed by atoms with Crippen LogP contribution >= 0.6 is 0 Å². The Labute approximate surface area is 113 Å². The maximum Gasteiger partial charge on any atom is 0.308 e. The second-order valence-corrected chi connectivity index (χ2v) is 3.97. The fourth-order valence-electron chi connectivity index (χ4n) is 1.61. The topological polar surface area (TPSA) is 67.8 Å². The van der Waals surface area contributed by atoms with Gasteiger partial charge >= 0.3 is 5.97 Å². The highest BCUT2D eigenvalue weighted by Gasteiger charge is 2.12. The Morgan fingerprint density at radius 1 is 1.32 bits per heavy atom. The molecule has 1 aromatic rings. The fraction of sp³-hybridized carbons (Fsp3) is 0.500. The van der Waals surface area contributed by atoms with E-state index in [2.05, 4.69) is 5.32 Å². The molecule has 1 aromatic carbocycles. The molecule has 0 aliphatic carbocycles. The van der Waals surface area contributed by atoms with Crippen LogP contribution in [-0.4, -0.2) is 36.9 Å². The highest BCUT2D eigenvalue weighted by molar-refractivity contribution is 5.70. The number of aliphatic hydroxyl groups excluding tert-OH is 1. The molecule has 1 unspecified atom stereocenters. The zero-order valence-electron chi connectivity index (χ0n) is 11.4. The van der Waals surface area contributed by atoms with Gasteiger partial charge in [0.2, 0.25) is 0 Å². The summed E-state index contributed by atoms with van der Waals surface area (Å²) >= 11 is 0. The van der Waals surface area contributed by atoms with E-state index in [9.17, 15) is 9.90 Å². The van der Waals surface area contributed by atoms with Crippen LogP contribution in [0, 0.1) is 0 Å². The van der Waals surface area contributed by atoms with E-state index in [0.717, 1.165) is 11.4 Å². The van der Waals surface area contributed by atoms with Crippen molar-refractivity contribution < 1.29 is 19.4 Å². The van der Waals surface area contributed by atoms with E-state index in [4.69, 9.17) is 9.47 Å². The molecule has 2 N–H and O–H groups in total. The van der Waals surface area contributed by atoms with Gasteiger partial charge in [-0.25, -0.2) is 0 Å². The van der Waals surface area contributed by atoms with Gasteiger partial charge in [-0.2, -0.15) is 0 Å². The molecule has 0 aliphatic rings.